The highest BCUT2D eigenvalue weighted by Gasteiger charge is 2.25. The van der Waals surface area contributed by atoms with Gasteiger partial charge >= 0.3 is 5.97 Å². The molecule has 0 heterocycles. The van der Waals surface area contributed by atoms with E-state index in [0.29, 0.717) is 0 Å². The van der Waals surface area contributed by atoms with Crippen LogP contribution in [0.2, 0.25) is 0 Å². The molecule has 2 N–H and O–H groups in total. The second kappa shape index (κ2) is 7.83. The van der Waals surface area contributed by atoms with Crippen molar-refractivity contribution in [1.29, 1.82) is 0 Å². The lowest BCUT2D eigenvalue weighted by molar-refractivity contribution is -0.140. The molecule has 0 aromatic heterocycles. The maximum absolute atomic E-state index is 11.7. The molecule has 0 rings (SSSR count). The van der Waals surface area contributed by atoms with Gasteiger partial charge in [-0.2, -0.15) is 0 Å². The Hall–Kier alpha value is -1.64. The van der Waals surface area contributed by atoms with Crippen LogP contribution in [0.15, 0.2) is 0 Å². The van der Waals surface area contributed by atoms with E-state index in [9.17, 15) is 22.8 Å². The molecule has 0 aliphatic carbocycles. The Morgan fingerprint density at radius 2 is 1.80 bits per heavy atom. The molecule has 8 nitrogen and oxygen atoms in total. The van der Waals surface area contributed by atoms with Gasteiger partial charge in [0.25, 0.3) is 0 Å². The fourth-order valence-electron chi connectivity index (χ4n) is 1.42. The van der Waals surface area contributed by atoms with E-state index in [2.05, 4.69) is 5.32 Å². The molecule has 0 saturated carbocycles. The number of amides is 2. The summed E-state index contributed by atoms with van der Waals surface area (Å²) >= 11 is 0. The average molecular weight is 308 g/mol. The Bertz CT molecular complexity index is 471. The Morgan fingerprint density at radius 3 is 2.20 bits per heavy atom. The molecule has 116 valence electrons. The smallest absolute Gasteiger partial charge is 0.327 e. The molecule has 2 amide bonds. The minimum Gasteiger partial charge on any atom is -0.480 e. The van der Waals surface area contributed by atoms with Crippen LogP contribution in [-0.2, 0) is 24.2 Å². The molecular formula is C11H20N2O6S. The van der Waals surface area contributed by atoms with Crippen LogP contribution in [0.3, 0.4) is 0 Å². The summed E-state index contributed by atoms with van der Waals surface area (Å²) in [4.78, 5) is 34.3. The van der Waals surface area contributed by atoms with Crippen LogP contribution in [0.25, 0.3) is 0 Å². The summed E-state index contributed by atoms with van der Waals surface area (Å²) in [5.41, 5.74) is 0. The molecule has 0 unspecified atom stereocenters. The van der Waals surface area contributed by atoms with Gasteiger partial charge in [-0.05, 0) is 6.42 Å². The number of carboxylic acids is 1. The fraction of sp³-hybridized carbons (Fsp3) is 0.727. The lowest BCUT2D eigenvalue weighted by atomic mass is 10.3. The predicted molar refractivity (Wildman–Crippen MR) is 71.8 cm³/mol. The molecule has 0 aliphatic rings. The van der Waals surface area contributed by atoms with Crippen molar-refractivity contribution < 1.29 is 27.9 Å². The summed E-state index contributed by atoms with van der Waals surface area (Å²) in [5, 5.41) is 10.9. The van der Waals surface area contributed by atoms with E-state index in [1.54, 1.807) is 14.1 Å². The highest BCUT2D eigenvalue weighted by Crippen LogP contribution is 2.02. The zero-order chi connectivity index (χ0) is 15.9. The highest BCUT2D eigenvalue weighted by molar-refractivity contribution is 7.91. The first kappa shape index (κ1) is 18.4. The first-order valence-corrected chi connectivity index (χ1v) is 7.78. The van der Waals surface area contributed by atoms with Crippen LogP contribution in [0.5, 0.6) is 0 Å². The molecule has 0 aromatic rings. The number of carbonyl (C=O) groups is 3. The monoisotopic (exact) mass is 308 g/mol. The van der Waals surface area contributed by atoms with E-state index >= 15 is 0 Å². The van der Waals surface area contributed by atoms with Gasteiger partial charge in [-0.25, -0.2) is 13.2 Å². The molecule has 0 spiro atoms. The predicted octanol–water partition coefficient (Wildman–Crippen LogP) is -1.14. The number of carboxylic acid groups (broad SMARTS) is 1. The zero-order valence-corrected chi connectivity index (χ0v) is 12.6. The number of hydrogen-bond acceptors (Lipinski definition) is 5. The second-order valence-electron chi connectivity index (χ2n) is 4.60. The van der Waals surface area contributed by atoms with Gasteiger partial charge in [-0.15, -0.1) is 0 Å². The van der Waals surface area contributed by atoms with Gasteiger partial charge in [0, 0.05) is 27.4 Å². The number of aliphatic carboxylic acids is 1. The molecule has 20 heavy (non-hydrogen) atoms. The highest BCUT2D eigenvalue weighted by atomic mass is 32.2. The Balaban J connectivity index is 4.45. The Kier molecular flexibility index (Phi) is 7.19. The van der Waals surface area contributed by atoms with Crippen LogP contribution in [-0.4, -0.2) is 67.9 Å². The summed E-state index contributed by atoms with van der Waals surface area (Å²) < 4.78 is 23.5. The van der Waals surface area contributed by atoms with Crippen molar-refractivity contribution in [1.82, 2.24) is 10.2 Å². The van der Waals surface area contributed by atoms with E-state index in [0.717, 1.165) is 6.92 Å². The van der Waals surface area contributed by atoms with E-state index < -0.39 is 33.5 Å². The van der Waals surface area contributed by atoms with Crippen molar-refractivity contribution in [2.24, 2.45) is 0 Å². The summed E-state index contributed by atoms with van der Waals surface area (Å²) in [6.07, 6.45) is 0.190. The van der Waals surface area contributed by atoms with Crippen molar-refractivity contribution >= 4 is 27.6 Å². The average Bonchev–Trinajstić information content (AvgIpc) is 2.26. The molecule has 9 heteroatoms. The zero-order valence-electron chi connectivity index (χ0n) is 11.7. The third-order valence-electron chi connectivity index (χ3n) is 2.44. The standard InChI is InChI=1S/C11H20N2O6S/c1-8(14)12-9(11(16)17)7-20(18,19)6-4-5-10(15)13(2)3/h9H,4-7H2,1-3H3,(H,12,14)(H,16,17)/t9-/m0/s1. The Morgan fingerprint density at radius 1 is 1.25 bits per heavy atom. The number of nitrogens with zero attached hydrogens (tertiary/aromatic N) is 1. The van der Waals surface area contributed by atoms with E-state index in [1.165, 1.54) is 4.90 Å². The topological polar surface area (TPSA) is 121 Å². The van der Waals surface area contributed by atoms with Crippen molar-refractivity contribution in [3.05, 3.63) is 0 Å². The maximum Gasteiger partial charge on any atom is 0.327 e. The third-order valence-corrected chi connectivity index (χ3v) is 4.19. The lowest BCUT2D eigenvalue weighted by Gasteiger charge is -2.14. The summed E-state index contributed by atoms with van der Waals surface area (Å²) in [6, 6.07) is -1.47. The normalized spacial score (nSPS) is 12.6. The molecule has 0 aromatic carbocycles. The van der Waals surface area contributed by atoms with Gasteiger partial charge in [0.1, 0.15) is 6.04 Å². The number of rotatable bonds is 8. The number of hydrogen-bond donors (Lipinski definition) is 2. The summed E-state index contributed by atoms with van der Waals surface area (Å²) in [6.45, 7) is 1.11. The minimum atomic E-state index is -3.66. The molecule has 0 radical (unpaired) electrons. The fourth-order valence-corrected chi connectivity index (χ4v) is 2.91. The van der Waals surface area contributed by atoms with Gasteiger partial charge in [-0.3, -0.25) is 9.59 Å². The van der Waals surface area contributed by atoms with Gasteiger partial charge < -0.3 is 15.3 Å². The second-order valence-corrected chi connectivity index (χ2v) is 6.83. The maximum atomic E-state index is 11.7. The number of nitrogens with one attached hydrogen (secondary N) is 1. The van der Waals surface area contributed by atoms with Crippen LogP contribution in [0.4, 0.5) is 0 Å². The minimum absolute atomic E-state index is 0.0735. The molecule has 0 fully saturated rings. The molecule has 0 bridgehead atoms. The lowest BCUT2D eigenvalue weighted by Crippen LogP contribution is -2.44. The van der Waals surface area contributed by atoms with Crippen LogP contribution < -0.4 is 5.32 Å². The molecule has 0 saturated heterocycles. The molecule has 0 aliphatic heterocycles. The van der Waals surface area contributed by atoms with Gasteiger partial charge in [0.2, 0.25) is 11.8 Å². The van der Waals surface area contributed by atoms with E-state index in [4.69, 9.17) is 5.11 Å². The van der Waals surface area contributed by atoms with Crippen molar-refractivity contribution in [3.8, 4) is 0 Å². The van der Waals surface area contributed by atoms with Gasteiger partial charge in [0.15, 0.2) is 9.84 Å². The number of carbonyl (C=O) groups excluding carboxylic acids is 2. The first-order valence-electron chi connectivity index (χ1n) is 5.95. The third kappa shape index (κ3) is 7.72. The number of sulfone groups is 1. The molecule has 1 atom stereocenters. The molecular weight excluding hydrogens is 288 g/mol. The van der Waals surface area contributed by atoms with Crippen LogP contribution in [0, 0.1) is 0 Å². The van der Waals surface area contributed by atoms with Gasteiger partial charge in [-0.1, -0.05) is 0 Å². The van der Waals surface area contributed by atoms with Crippen LogP contribution in [0.1, 0.15) is 19.8 Å². The van der Waals surface area contributed by atoms with Gasteiger partial charge in [0.05, 0.1) is 11.5 Å². The van der Waals surface area contributed by atoms with Crippen molar-refractivity contribution in [3.63, 3.8) is 0 Å². The van der Waals surface area contributed by atoms with Crippen molar-refractivity contribution in [2.75, 3.05) is 25.6 Å². The van der Waals surface area contributed by atoms with Crippen LogP contribution >= 0.6 is 0 Å². The Labute approximate surface area is 118 Å². The largest absolute Gasteiger partial charge is 0.480 e. The SMILES string of the molecule is CC(=O)N[C@@H](CS(=O)(=O)CCCC(=O)N(C)C)C(=O)O. The summed E-state index contributed by atoms with van der Waals surface area (Å²) in [7, 11) is -0.532. The first-order chi connectivity index (χ1) is 9.05. The van der Waals surface area contributed by atoms with E-state index in [1.807, 2.05) is 0 Å². The summed E-state index contributed by atoms with van der Waals surface area (Å²) in [5.74, 6) is -3.20. The van der Waals surface area contributed by atoms with Crippen molar-refractivity contribution in [2.45, 2.75) is 25.8 Å². The van der Waals surface area contributed by atoms with E-state index in [-0.39, 0.29) is 24.5 Å². The quantitative estimate of drug-likeness (QED) is 0.584.